The highest BCUT2D eigenvalue weighted by Gasteiger charge is 2.12. The molecule has 7 heteroatoms. The van der Waals surface area contributed by atoms with Crippen LogP contribution in [0.25, 0.3) is 0 Å². The zero-order valence-corrected chi connectivity index (χ0v) is 11.8. The van der Waals surface area contributed by atoms with Crippen molar-refractivity contribution in [1.29, 1.82) is 0 Å². The molecule has 0 aliphatic carbocycles. The van der Waals surface area contributed by atoms with E-state index in [1.54, 1.807) is 35.7 Å². The van der Waals surface area contributed by atoms with E-state index in [9.17, 15) is 4.79 Å². The summed E-state index contributed by atoms with van der Waals surface area (Å²) in [7, 11) is 0. The summed E-state index contributed by atoms with van der Waals surface area (Å²) in [5.74, 6) is 5.12. The fourth-order valence-electron chi connectivity index (χ4n) is 1.56. The molecule has 4 N–H and O–H groups in total. The predicted molar refractivity (Wildman–Crippen MR) is 77.3 cm³/mol. The molecule has 19 heavy (non-hydrogen) atoms. The van der Waals surface area contributed by atoms with E-state index in [-0.39, 0.29) is 5.91 Å². The van der Waals surface area contributed by atoms with Gasteiger partial charge in [-0.2, -0.15) is 0 Å². The van der Waals surface area contributed by atoms with Gasteiger partial charge in [-0.25, -0.2) is 4.98 Å². The number of aromatic nitrogens is 1. The third-order valence-corrected chi connectivity index (χ3v) is 3.60. The van der Waals surface area contributed by atoms with Gasteiger partial charge in [0.05, 0.1) is 17.8 Å². The first kappa shape index (κ1) is 13.8. The summed E-state index contributed by atoms with van der Waals surface area (Å²) in [5.41, 5.74) is 3.40. The van der Waals surface area contributed by atoms with Gasteiger partial charge in [0, 0.05) is 16.1 Å². The van der Waals surface area contributed by atoms with E-state index in [2.05, 4.69) is 15.7 Å². The molecule has 1 amide bonds. The number of nitrogens with zero attached hydrogens (tertiary/aromatic N) is 1. The van der Waals surface area contributed by atoms with Crippen LogP contribution in [0.4, 0.5) is 5.69 Å². The number of aryl methyl sites for hydroxylation is 1. The van der Waals surface area contributed by atoms with Crippen molar-refractivity contribution in [3.63, 3.8) is 0 Å². The second kappa shape index (κ2) is 6.01. The number of thiazole rings is 1. The smallest absolute Gasteiger partial charge is 0.253 e. The van der Waals surface area contributed by atoms with Gasteiger partial charge in [-0.3, -0.25) is 10.6 Å². The van der Waals surface area contributed by atoms with E-state index in [4.69, 9.17) is 17.4 Å². The van der Waals surface area contributed by atoms with Gasteiger partial charge < -0.3 is 10.7 Å². The van der Waals surface area contributed by atoms with Gasteiger partial charge in [-0.15, -0.1) is 11.3 Å². The average Bonchev–Trinajstić information content (AvgIpc) is 2.81. The number of benzene rings is 1. The van der Waals surface area contributed by atoms with Crippen molar-refractivity contribution in [3.05, 3.63) is 44.9 Å². The SMILES string of the molecule is Cc1cnc(CNC(=O)c2cc(Cl)ccc2NN)s1. The Morgan fingerprint density at radius 2 is 2.32 bits per heavy atom. The van der Waals surface area contributed by atoms with Gasteiger partial charge in [0.1, 0.15) is 5.01 Å². The molecule has 1 aromatic carbocycles. The van der Waals surface area contributed by atoms with Crippen molar-refractivity contribution in [2.45, 2.75) is 13.5 Å². The minimum Gasteiger partial charge on any atom is -0.345 e. The maximum absolute atomic E-state index is 12.1. The number of nitrogen functional groups attached to an aromatic ring is 1. The standard InChI is InChI=1S/C12H13ClN4OS/c1-7-5-15-11(19-7)6-16-12(18)9-4-8(13)2-3-10(9)17-14/h2-5,17H,6,14H2,1H3,(H,16,18). The van der Waals surface area contributed by atoms with Crippen LogP contribution in [-0.2, 0) is 6.54 Å². The Morgan fingerprint density at radius 3 is 2.95 bits per heavy atom. The molecule has 5 nitrogen and oxygen atoms in total. The number of hydrogen-bond donors (Lipinski definition) is 3. The average molecular weight is 297 g/mol. The molecule has 0 fully saturated rings. The van der Waals surface area contributed by atoms with E-state index < -0.39 is 0 Å². The van der Waals surface area contributed by atoms with Crippen LogP contribution in [-0.4, -0.2) is 10.9 Å². The molecule has 0 saturated carbocycles. The highest BCUT2D eigenvalue weighted by atomic mass is 35.5. The van der Waals surface area contributed by atoms with Crippen LogP contribution >= 0.6 is 22.9 Å². The summed E-state index contributed by atoms with van der Waals surface area (Å²) in [4.78, 5) is 17.4. The largest absolute Gasteiger partial charge is 0.345 e. The lowest BCUT2D eigenvalue weighted by atomic mass is 10.1. The number of amides is 1. The van der Waals surface area contributed by atoms with E-state index in [1.807, 2.05) is 6.92 Å². The van der Waals surface area contributed by atoms with Gasteiger partial charge in [-0.05, 0) is 25.1 Å². The van der Waals surface area contributed by atoms with Crippen molar-refractivity contribution in [3.8, 4) is 0 Å². The van der Waals surface area contributed by atoms with E-state index in [0.29, 0.717) is 22.8 Å². The van der Waals surface area contributed by atoms with Crippen molar-refractivity contribution in [2.24, 2.45) is 5.84 Å². The number of carbonyl (C=O) groups is 1. The molecule has 0 spiro atoms. The van der Waals surface area contributed by atoms with Crippen LogP contribution in [0.2, 0.25) is 5.02 Å². The van der Waals surface area contributed by atoms with Crippen LogP contribution < -0.4 is 16.6 Å². The van der Waals surface area contributed by atoms with Crippen molar-refractivity contribution in [2.75, 3.05) is 5.43 Å². The zero-order chi connectivity index (χ0) is 13.8. The second-order valence-corrected chi connectivity index (χ2v) is 5.64. The Morgan fingerprint density at radius 1 is 1.53 bits per heavy atom. The highest BCUT2D eigenvalue weighted by molar-refractivity contribution is 7.11. The number of rotatable bonds is 4. The topological polar surface area (TPSA) is 80.0 Å². The quantitative estimate of drug-likeness (QED) is 0.597. The molecule has 2 aromatic rings. The number of hydrogen-bond acceptors (Lipinski definition) is 5. The number of halogens is 1. The monoisotopic (exact) mass is 296 g/mol. The van der Waals surface area contributed by atoms with Crippen molar-refractivity contribution in [1.82, 2.24) is 10.3 Å². The molecular formula is C12H13ClN4OS. The molecule has 0 aliphatic rings. The summed E-state index contributed by atoms with van der Waals surface area (Å²) in [6, 6.07) is 4.89. The fourth-order valence-corrected chi connectivity index (χ4v) is 2.46. The number of anilines is 1. The molecule has 1 aromatic heterocycles. The lowest BCUT2D eigenvalue weighted by molar-refractivity contribution is 0.0951. The summed E-state index contributed by atoms with van der Waals surface area (Å²) >= 11 is 7.43. The van der Waals surface area contributed by atoms with Crippen LogP contribution in [0.5, 0.6) is 0 Å². The number of carbonyl (C=O) groups excluding carboxylic acids is 1. The van der Waals surface area contributed by atoms with Gasteiger partial charge in [0.2, 0.25) is 0 Å². The Hall–Kier alpha value is -1.63. The normalized spacial score (nSPS) is 10.3. The van der Waals surface area contributed by atoms with Crippen LogP contribution in [0.1, 0.15) is 20.2 Å². The van der Waals surface area contributed by atoms with Crippen LogP contribution in [0, 0.1) is 6.92 Å². The van der Waals surface area contributed by atoms with Gasteiger partial charge in [0.15, 0.2) is 0 Å². The third kappa shape index (κ3) is 3.44. The molecular weight excluding hydrogens is 284 g/mol. The first-order valence-electron chi connectivity index (χ1n) is 5.56. The van der Waals surface area contributed by atoms with Crippen molar-refractivity contribution < 1.29 is 4.79 Å². The number of nitrogens with two attached hydrogens (primary N) is 1. The maximum atomic E-state index is 12.1. The Bertz CT molecular complexity index is 599. The summed E-state index contributed by atoms with van der Waals surface area (Å²) in [6.45, 7) is 2.35. The van der Waals surface area contributed by atoms with Gasteiger partial charge in [-0.1, -0.05) is 11.6 Å². The fraction of sp³-hybridized carbons (Fsp3) is 0.167. The molecule has 0 saturated heterocycles. The number of hydrazine groups is 1. The minimum absolute atomic E-state index is 0.247. The summed E-state index contributed by atoms with van der Waals surface area (Å²) < 4.78 is 0. The molecule has 0 unspecified atom stereocenters. The molecule has 1 heterocycles. The zero-order valence-electron chi connectivity index (χ0n) is 10.2. The molecule has 0 atom stereocenters. The molecule has 2 rings (SSSR count). The van der Waals surface area contributed by atoms with E-state index in [0.717, 1.165) is 9.88 Å². The maximum Gasteiger partial charge on any atom is 0.253 e. The van der Waals surface area contributed by atoms with Gasteiger partial charge >= 0.3 is 0 Å². The highest BCUT2D eigenvalue weighted by Crippen LogP contribution is 2.20. The van der Waals surface area contributed by atoms with Crippen molar-refractivity contribution >= 4 is 34.5 Å². The van der Waals surface area contributed by atoms with Crippen LogP contribution in [0.15, 0.2) is 24.4 Å². The first-order chi connectivity index (χ1) is 9.10. The summed E-state index contributed by atoms with van der Waals surface area (Å²) in [5, 5.41) is 4.12. The Labute approximate surface area is 119 Å². The predicted octanol–water partition coefficient (Wildman–Crippen LogP) is 2.32. The molecule has 100 valence electrons. The molecule has 0 aliphatic heterocycles. The minimum atomic E-state index is -0.247. The Balaban J connectivity index is 2.09. The van der Waals surface area contributed by atoms with Crippen LogP contribution in [0.3, 0.4) is 0 Å². The second-order valence-electron chi connectivity index (χ2n) is 3.88. The lowest BCUT2D eigenvalue weighted by Gasteiger charge is -2.09. The first-order valence-corrected chi connectivity index (χ1v) is 6.75. The Kier molecular flexibility index (Phi) is 4.36. The van der Waals surface area contributed by atoms with Gasteiger partial charge in [0.25, 0.3) is 5.91 Å². The number of nitrogens with one attached hydrogen (secondary N) is 2. The molecule has 0 radical (unpaired) electrons. The summed E-state index contributed by atoms with van der Waals surface area (Å²) in [6.07, 6.45) is 1.78. The third-order valence-electron chi connectivity index (χ3n) is 2.45. The van der Waals surface area contributed by atoms with E-state index >= 15 is 0 Å². The lowest BCUT2D eigenvalue weighted by Crippen LogP contribution is -2.24. The molecule has 0 bridgehead atoms. The van der Waals surface area contributed by atoms with E-state index in [1.165, 1.54) is 0 Å².